The van der Waals surface area contributed by atoms with Crippen molar-refractivity contribution in [1.29, 1.82) is 0 Å². The van der Waals surface area contributed by atoms with Crippen LogP contribution < -0.4 is 10.5 Å². The van der Waals surface area contributed by atoms with Gasteiger partial charge in [-0.25, -0.2) is 4.98 Å². The average Bonchev–Trinajstić information content (AvgIpc) is 3.32. The first-order valence-corrected chi connectivity index (χ1v) is 9.29. The zero-order valence-electron chi connectivity index (χ0n) is 15.5. The Hall–Kier alpha value is -2.86. The van der Waals surface area contributed by atoms with Crippen molar-refractivity contribution in [2.45, 2.75) is 20.0 Å². The molecule has 1 saturated heterocycles. The molecular formula is C21H24N4O2. The summed E-state index contributed by atoms with van der Waals surface area (Å²) < 4.78 is 7.88. The summed E-state index contributed by atoms with van der Waals surface area (Å²) in [6.45, 7) is 4.55. The second-order valence-electron chi connectivity index (χ2n) is 7.16. The van der Waals surface area contributed by atoms with Gasteiger partial charge in [-0.15, -0.1) is 0 Å². The lowest BCUT2D eigenvalue weighted by atomic mass is 10.1. The van der Waals surface area contributed by atoms with Crippen molar-refractivity contribution >= 4 is 11.6 Å². The van der Waals surface area contributed by atoms with Gasteiger partial charge in [0, 0.05) is 31.0 Å². The highest BCUT2D eigenvalue weighted by Crippen LogP contribution is 2.21. The van der Waals surface area contributed by atoms with E-state index in [9.17, 15) is 4.79 Å². The fraction of sp³-hybridized carbons (Fsp3) is 0.333. The standard InChI is InChI=1S/C21H24N4O2/c1-15-5-6-20-23-18(13-25(20)11-15)14-27-19-4-2-3-17(9-19)21(26)24-8-7-16(10-22)12-24/h2-6,9,11,13,16H,7-8,10,12,14,22H2,1H3/t16-/m1/s1. The van der Waals surface area contributed by atoms with E-state index >= 15 is 0 Å². The summed E-state index contributed by atoms with van der Waals surface area (Å²) >= 11 is 0. The van der Waals surface area contributed by atoms with Crippen LogP contribution in [-0.2, 0) is 6.61 Å². The molecule has 27 heavy (non-hydrogen) atoms. The van der Waals surface area contributed by atoms with E-state index < -0.39 is 0 Å². The first-order valence-electron chi connectivity index (χ1n) is 9.29. The number of rotatable bonds is 5. The highest BCUT2D eigenvalue weighted by Gasteiger charge is 2.26. The monoisotopic (exact) mass is 364 g/mol. The largest absolute Gasteiger partial charge is 0.487 e. The van der Waals surface area contributed by atoms with E-state index in [1.54, 1.807) is 6.07 Å². The van der Waals surface area contributed by atoms with Crippen LogP contribution in [0.4, 0.5) is 0 Å². The van der Waals surface area contributed by atoms with Crippen molar-refractivity contribution in [3.05, 3.63) is 65.6 Å². The van der Waals surface area contributed by atoms with Crippen LogP contribution in [0.25, 0.3) is 5.65 Å². The Kier molecular flexibility index (Phi) is 4.81. The molecule has 6 nitrogen and oxygen atoms in total. The van der Waals surface area contributed by atoms with Crippen molar-refractivity contribution in [2.24, 2.45) is 11.7 Å². The third kappa shape index (κ3) is 3.80. The Bertz CT molecular complexity index is 966. The third-order valence-corrected chi connectivity index (χ3v) is 5.02. The van der Waals surface area contributed by atoms with E-state index in [1.165, 1.54) is 5.56 Å². The minimum Gasteiger partial charge on any atom is -0.487 e. The molecule has 6 heteroatoms. The van der Waals surface area contributed by atoms with Gasteiger partial charge in [-0.05, 0) is 55.6 Å². The number of hydrogen-bond donors (Lipinski definition) is 1. The van der Waals surface area contributed by atoms with Gasteiger partial charge >= 0.3 is 0 Å². The molecule has 1 atom stereocenters. The lowest BCUT2D eigenvalue weighted by molar-refractivity contribution is 0.0787. The molecule has 2 aromatic heterocycles. The van der Waals surface area contributed by atoms with E-state index in [2.05, 4.69) is 4.98 Å². The number of nitrogens with zero attached hydrogens (tertiary/aromatic N) is 3. The van der Waals surface area contributed by atoms with Crippen LogP contribution in [0.3, 0.4) is 0 Å². The van der Waals surface area contributed by atoms with E-state index in [0.29, 0.717) is 30.4 Å². The molecule has 0 radical (unpaired) electrons. The zero-order valence-corrected chi connectivity index (χ0v) is 15.5. The SMILES string of the molecule is Cc1ccc2nc(COc3cccc(C(=O)N4CC[C@H](CN)C4)c3)cn2c1. The Morgan fingerprint density at radius 1 is 1.30 bits per heavy atom. The normalized spacial score (nSPS) is 16.8. The predicted octanol–water partition coefficient (Wildman–Crippen LogP) is 2.64. The number of aromatic nitrogens is 2. The zero-order chi connectivity index (χ0) is 18.8. The fourth-order valence-electron chi connectivity index (χ4n) is 3.49. The minimum atomic E-state index is 0.0413. The number of nitrogens with two attached hydrogens (primary N) is 1. The molecule has 0 bridgehead atoms. The maximum atomic E-state index is 12.7. The van der Waals surface area contributed by atoms with Crippen LogP contribution in [0.15, 0.2) is 48.8 Å². The van der Waals surface area contributed by atoms with Gasteiger partial charge in [0.2, 0.25) is 0 Å². The quantitative estimate of drug-likeness (QED) is 0.755. The minimum absolute atomic E-state index is 0.0413. The van der Waals surface area contributed by atoms with Gasteiger partial charge in [0.1, 0.15) is 18.0 Å². The first kappa shape index (κ1) is 17.5. The number of likely N-dealkylation sites (tertiary alicyclic amines) is 1. The number of hydrogen-bond acceptors (Lipinski definition) is 4. The van der Waals surface area contributed by atoms with Crippen molar-refractivity contribution in [1.82, 2.24) is 14.3 Å². The van der Waals surface area contributed by atoms with Gasteiger partial charge in [-0.1, -0.05) is 12.1 Å². The molecule has 3 heterocycles. The van der Waals surface area contributed by atoms with E-state index in [0.717, 1.165) is 30.9 Å². The summed E-state index contributed by atoms with van der Waals surface area (Å²) in [6, 6.07) is 11.4. The van der Waals surface area contributed by atoms with Crippen molar-refractivity contribution < 1.29 is 9.53 Å². The van der Waals surface area contributed by atoms with Crippen molar-refractivity contribution in [3.63, 3.8) is 0 Å². The second kappa shape index (κ2) is 7.40. The summed E-state index contributed by atoms with van der Waals surface area (Å²) in [5.74, 6) is 1.12. The van der Waals surface area contributed by atoms with E-state index in [-0.39, 0.29) is 5.91 Å². The summed E-state index contributed by atoms with van der Waals surface area (Å²) in [5, 5.41) is 0. The van der Waals surface area contributed by atoms with Crippen LogP contribution in [-0.4, -0.2) is 39.8 Å². The van der Waals surface area contributed by atoms with E-state index in [1.807, 2.05) is 58.9 Å². The Morgan fingerprint density at radius 3 is 3.00 bits per heavy atom. The second-order valence-corrected chi connectivity index (χ2v) is 7.16. The third-order valence-electron chi connectivity index (χ3n) is 5.02. The molecule has 1 aliphatic rings. The number of benzene rings is 1. The van der Waals surface area contributed by atoms with Crippen molar-refractivity contribution in [2.75, 3.05) is 19.6 Å². The topological polar surface area (TPSA) is 72.9 Å². The molecule has 0 aliphatic carbocycles. The average molecular weight is 364 g/mol. The number of carbonyl (C=O) groups excluding carboxylic acids is 1. The lowest BCUT2D eigenvalue weighted by Crippen LogP contribution is -2.29. The molecule has 140 valence electrons. The summed E-state index contributed by atoms with van der Waals surface area (Å²) in [7, 11) is 0. The smallest absolute Gasteiger partial charge is 0.253 e. The maximum absolute atomic E-state index is 12.7. The number of aryl methyl sites for hydroxylation is 1. The first-order chi connectivity index (χ1) is 13.1. The Balaban J connectivity index is 1.43. The van der Waals surface area contributed by atoms with Crippen LogP contribution in [0.5, 0.6) is 5.75 Å². The number of imidazole rings is 1. The molecular weight excluding hydrogens is 340 g/mol. The Labute approximate surface area is 158 Å². The summed E-state index contributed by atoms with van der Waals surface area (Å²) in [5.41, 5.74) is 9.30. The molecule has 3 aromatic rings. The van der Waals surface area contributed by atoms with E-state index in [4.69, 9.17) is 10.5 Å². The highest BCUT2D eigenvalue weighted by atomic mass is 16.5. The molecule has 1 aliphatic heterocycles. The Morgan fingerprint density at radius 2 is 2.19 bits per heavy atom. The van der Waals surface area contributed by atoms with Crippen LogP contribution in [0.2, 0.25) is 0 Å². The molecule has 0 spiro atoms. The molecule has 1 aromatic carbocycles. The molecule has 4 rings (SSSR count). The van der Waals surface area contributed by atoms with Crippen LogP contribution >= 0.6 is 0 Å². The summed E-state index contributed by atoms with van der Waals surface area (Å²) in [4.78, 5) is 19.1. The van der Waals surface area contributed by atoms with Gasteiger partial charge in [-0.3, -0.25) is 4.79 Å². The highest BCUT2D eigenvalue weighted by molar-refractivity contribution is 5.94. The number of carbonyl (C=O) groups is 1. The number of amides is 1. The predicted molar refractivity (Wildman–Crippen MR) is 104 cm³/mol. The molecule has 0 saturated carbocycles. The van der Waals surface area contributed by atoms with Gasteiger partial charge in [0.05, 0.1) is 5.69 Å². The number of ether oxygens (including phenoxy) is 1. The molecule has 1 fully saturated rings. The number of fused-ring (bicyclic) bond motifs is 1. The van der Waals surface area contributed by atoms with Gasteiger partial charge in [0.25, 0.3) is 5.91 Å². The van der Waals surface area contributed by atoms with Gasteiger partial charge in [-0.2, -0.15) is 0 Å². The van der Waals surface area contributed by atoms with Crippen LogP contribution in [0, 0.1) is 12.8 Å². The lowest BCUT2D eigenvalue weighted by Gasteiger charge is -2.16. The van der Waals surface area contributed by atoms with Crippen molar-refractivity contribution in [3.8, 4) is 5.75 Å². The molecule has 0 unspecified atom stereocenters. The van der Waals surface area contributed by atoms with Crippen LogP contribution in [0.1, 0.15) is 28.0 Å². The van der Waals surface area contributed by atoms with Gasteiger partial charge in [0.15, 0.2) is 0 Å². The molecule has 1 amide bonds. The summed E-state index contributed by atoms with van der Waals surface area (Å²) in [6.07, 6.45) is 4.98. The molecule has 2 N–H and O–H groups in total. The van der Waals surface area contributed by atoms with Gasteiger partial charge < -0.3 is 19.8 Å². The fourth-order valence-corrected chi connectivity index (χ4v) is 3.49. The number of pyridine rings is 1. The maximum Gasteiger partial charge on any atom is 0.253 e.